The molecule has 0 radical (unpaired) electrons. The Hall–Kier alpha value is 0.0100. The standard InChI is InChI=1S/C19H17I3O5S/c20-14-7-8-15(21)18(22)17(14)19(23)27-12-6-9-16(28(24,25)26)13(10-12)11-4-2-1-3-5-11/h6-11H,1-5H2,(H,24,25,26)/p-1. The fourth-order valence-electron chi connectivity index (χ4n) is 3.42. The van der Waals surface area contributed by atoms with Crippen LogP contribution in [0.3, 0.4) is 0 Å². The minimum atomic E-state index is -4.59. The Morgan fingerprint density at radius 3 is 2.29 bits per heavy atom. The molecule has 0 aromatic heterocycles. The summed E-state index contributed by atoms with van der Waals surface area (Å²) in [5.41, 5.74) is 0.944. The maximum atomic E-state index is 12.8. The maximum Gasteiger partial charge on any atom is 0.345 e. The average Bonchev–Trinajstić information content (AvgIpc) is 2.65. The molecule has 0 heterocycles. The molecule has 0 unspecified atom stereocenters. The van der Waals surface area contributed by atoms with Crippen molar-refractivity contribution < 1.29 is 22.5 Å². The second-order valence-corrected chi connectivity index (χ2v) is 11.3. The summed E-state index contributed by atoms with van der Waals surface area (Å²) in [7, 11) is -4.59. The van der Waals surface area contributed by atoms with Crippen LogP contribution in [0.4, 0.5) is 0 Å². The van der Waals surface area contributed by atoms with Crippen LogP contribution < -0.4 is 4.74 Å². The van der Waals surface area contributed by atoms with E-state index in [1.165, 1.54) is 12.1 Å². The van der Waals surface area contributed by atoms with Crippen molar-refractivity contribution in [2.45, 2.75) is 42.9 Å². The van der Waals surface area contributed by atoms with Crippen LogP contribution in [-0.4, -0.2) is 18.9 Å². The first-order chi connectivity index (χ1) is 13.2. The molecule has 1 saturated carbocycles. The van der Waals surface area contributed by atoms with Gasteiger partial charge in [0, 0.05) is 10.7 Å². The Kier molecular flexibility index (Phi) is 7.64. The van der Waals surface area contributed by atoms with Gasteiger partial charge in [-0.2, -0.15) is 0 Å². The van der Waals surface area contributed by atoms with Gasteiger partial charge in [0.2, 0.25) is 0 Å². The van der Waals surface area contributed by atoms with Crippen LogP contribution in [-0.2, 0) is 10.1 Å². The smallest absolute Gasteiger partial charge is 0.345 e. The molecule has 150 valence electrons. The van der Waals surface area contributed by atoms with Gasteiger partial charge in [-0.05, 0) is 122 Å². The van der Waals surface area contributed by atoms with E-state index in [1.807, 2.05) is 12.1 Å². The van der Waals surface area contributed by atoms with Gasteiger partial charge in [-0.3, -0.25) is 0 Å². The monoisotopic (exact) mass is 737 g/mol. The minimum absolute atomic E-state index is 0.0101. The number of benzene rings is 2. The Morgan fingerprint density at radius 1 is 1.00 bits per heavy atom. The van der Waals surface area contributed by atoms with E-state index in [-0.39, 0.29) is 16.6 Å². The van der Waals surface area contributed by atoms with Gasteiger partial charge in [0.25, 0.3) is 0 Å². The number of ether oxygens (including phenoxy) is 1. The van der Waals surface area contributed by atoms with E-state index in [4.69, 9.17) is 4.74 Å². The largest absolute Gasteiger partial charge is 0.744 e. The van der Waals surface area contributed by atoms with Crippen molar-refractivity contribution in [1.82, 2.24) is 0 Å². The quantitative estimate of drug-likeness (QED) is 0.133. The molecular formula is C19H16I3O5S-. The molecule has 5 nitrogen and oxygen atoms in total. The molecule has 1 fully saturated rings. The molecule has 0 N–H and O–H groups in total. The molecule has 0 saturated heterocycles. The Bertz CT molecular complexity index is 1010. The van der Waals surface area contributed by atoms with Crippen LogP contribution in [0.15, 0.2) is 35.2 Å². The molecule has 0 amide bonds. The van der Waals surface area contributed by atoms with E-state index in [9.17, 15) is 17.8 Å². The molecular weight excluding hydrogens is 721 g/mol. The lowest BCUT2D eigenvalue weighted by Gasteiger charge is -2.25. The molecule has 0 bridgehead atoms. The fourth-order valence-corrected chi connectivity index (χ4v) is 6.50. The SMILES string of the molecule is O=C(Oc1ccc(S(=O)(=O)[O-])c(C2CCCCC2)c1)c1c(I)ccc(I)c1I. The molecule has 2 aromatic carbocycles. The van der Waals surface area contributed by atoms with Gasteiger partial charge in [0.1, 0.15) is 15.9 Å². The summed E-state index contributed by atoms with van der Waals surface area (Å²) in [6.45, 7) is 0. The summed E-state index contributed by atoms with van der Waals surface area (Å²) in [6, 6.07) is 7.96. The summed E-state index contributed by atoms with van der Waals surface area (Å²) in [5, 5.41) is 0. The number of rotatable bonds is 4. The summed E-state index contributed by atoms with van der Waals surface area (Å²) in [6.07, 6.45) is 4.74. The zero-order valence-corrected chi connectivity index (χ0v) is 21.9. The maximum absolute atomic E-state index is 12.8. The molecule has 3 rings (SSSR count). The predicted octanol–water partition coefficient (Wildman–Crippen LogP) is 5.67. The third-order valence-corrected chi connectivity index (χ3v) is 9.62. The highest BCUT2D eigenvalue weighted by Gasteiger charge is 2.23. The van der Waals surface area contributed by atoms with Crippen LogP contribution in [0.25, 0.3) is 0 Å². The third kappa shape index (κ3) is 5.19. The number of hydrogen-bond acceptors (Lipinski definition) is 5. The van der Waals surface area contributed by atoms with Crippen molar-refractivity contribution in [1.29, 1.82) is 0 Å². The van der Waals surface area contributed by atoms with Gasteiger partial charge in [-0.25, -0.2) is 13.2 Å². The zero-order valence-electron chi connectivity index (χ0n) is 14.6. The first-order valence-corrected chi connectivity index (χ1v) is 13.3. The van der Waals surface area contributed by atoms with Gasteiger partial charge in [-0.15, -0.1) is 0 Å². The molecule has 0 aliphatic heterocycles. The van der Waals surface area contributed by atoms with Crippen molar-refractivity contribution >= 4 is 83.9 Å². The van der Waals surface area contributed by atoms with Gasteiger partial charge in [0.15, 0.2) is 0 Å². The summed E-state index contributed by atoms with van der Waals surface area (Å²) >= 11 is 6.36. The molecule has 0 spiro atoms. The highest BCUT2D eigenvalue weighted by Crippen LogP contribution is 2.38. The highest BCUT2D eigenvalue weighted by molar-refractivity contribution is 14.1. The Labute approximate surface area is 205 Å². The summed E-state index contributed by atoms with van der Waals surface area (Å²) in [5.74, 6) is -0.257. The number of esters is 1. The lowest BCUT2D eigenvalue weighted by Crippen LogP contribution is -2.15. The van der Waals surface area contributed by atoms with Gasteiger partial charge < -0.3 is 9.29 Å². The van der Waals surface area contributed by atoms with E-state index >= 15 is 0 Å². The Morgan fingerprint density at radius 2 is 1.64 bits per heavy atom. The van der Waals surface area contributed by atoms with Gasteiger partial charge in [0.05, 0.1) is 10.5 Å². The third-order valence-electron chi connectivity index (χ3n) is 4.75. The van der Waals surface area contributed by atoms with E-state index in [0.29, 0.717) is 11.1 Å². The van der Waals surface area contributed by atoms with Gasteiger partial charge >= 0.3 is 5.97 Å². The van der Waals surface area contributed by atoms with Crippen LogP contribution in [0, 0.1) is 10.7 Å². The number of carbonyl (C=O) groups excluding carboxylic acids is 1. The van der Waals surface area contributed by atoms with Crippen LogP contribution >= 0.6 is 67.8 Å². The fraction of sp³-hybridized carbons (Fsp3) is 0.316. The molecule has 0 atom stereocenters. The topological polar surface area (TPSA) is 83.5 Å². The average molecular weight is 737 g/mol. The van der Waals surface area contributed by atoms with Crippen molar-refractivity contribution in [2.24, 2.45) is 0 Å². The number of carbonyl (C=O) groups is 1. The summed E-state index contributed by atoms with van der Waals surface area (Å²) in [4.78, 5) is 12.6. The van der Waals surface area contributed by atoms with Crippen molar-refractivity contribution in [3.63, 3.8) is 0 Å². The van der Waals surface area contributed by atoms with E-state index < -0.39 is 16.1 Å². The molecule has 2 aromatic rings. The van der Waals surface area contributed by atoms with Crippen LogP contribution in [0.5, 0.6) is 5.75 Å². The molecule has 1 aliphatic rings. The second kappa shape index (κ2) is 9.43. The van der Waals surface area contributed by atoms with E-state index in [1.54, 1.807) is 6.07 Å². The van der Waals surface area contributed by atoms with Crippen molar-refractivity contribution in [3.05, 3.63) is 52.2 Å². The highest BCUT2D eigenvalue weighted by atomic mass is 127. The van der Waals surface area contributed by atoms with Crippen LogP contribution in [0.2, 0.25) is 0 Å². The number of hydrogen-bond donors (Lipinski definition) is 0. The molecule has 28 heavy (non-hydrogen) atoms. The first kappa shape index (κ1) is 22.7. The van der Waals surface area contributed by atoms with Crippen molar-refractivity contribution in [3.8, 4) is 5.75 Å². The molecule has 1 aliphatic carbocycles. The predicted molar refractivity (Wildman–Crippen MR) is 130 cm³/mol. The first-order valence-electron chi connectivity index (χ1n) is 8.64. The van der Waals surface area contributed by atoms with Gasteiger partial charge in [-0.1, -0.05) is 19.3 Å². The lowest BCUT2D eigenvalue weighted by atomic mass is 9.84. The van der Waals surface area contributed by atoms with Crippen molar-refractivity contribution in [2.75, 3.05) is 0 Å². The zero-order chi connectivity index (χ0) is 20.5. The van der Waals surface area contributed by atoms with Crippen LogP contribution in [0.1, 0.15) is 53.9 Å². The van der Waals surface area contributed by atoms with E-state index in [0.717, 1.165) is 42.8 Å². The second-order valence-electron chi connectivity index (χ2n) is 6.60. The normalized spacial score (nSPS) is 15.4. The minimum Gasteiger partial charge on any atom is -0.744 e. The number of halogens is 3. The Balaban J connectivity index is 1.97. The molecule has 9 heteroatoms. The lowest BCUT2D eigenvalue weighted by molar-refractivity contribution is 0.0732. The summed E-state index contributed by atoms with van der Waals surface area (Å²) < 4.78 is 43.2. The van der Waals surface area contributed by atoms with E-state index in [2.05, 4.69) is 67.8 Å².